The van der Waals surface area contributed by atoms with Crippen molar-refractivity contribution in [2.24, 2.45) is 0 Å². The zero-order valence-electron chi connectivity index (χ0n) is 54.2. The average Bonchev–Trinajstić information content (AvgIpc) is 3.49. The smallest absolute Gasteiger partial charge is 0.306 e. The molecule has 0 saturated carbocycles. The fraction of sp³-hybridized carbons (Fsp3) is 0.675. The van der Waals surface area contributed by atoms with Crippen molar-refractivity contribution in [3.05, 3.63) is 134 Å². The summed E-state index contributed by atoms with van der Waals surface area (Å²) in [5.41, 5.74) is 0. The Labute approximate surface area is 513 Å². The van der Waals surface area contributed by atoms with E-state index in [0.29, 0.717) is 19.3 Å². The highest BCUT2D eigenvalue weighted by Crippen LogP contribution is 2.16. The third-order valence-electron chi connectivity index (χ3n) is 14.6. The second kappa shape index (κ2) is 70.0. The molecule has 1 atom stereocenters. The first-order valence-corrected chi connectivity index (χ1v) is 34.7. The molecule has 0 aliphatic carbocycles. The Hall–Kier alpha value is -4.45. The zero-order chi connectivity index (χ0) is 59.9. The van der Waals surface area contributed by atoms with Crippen LogP contribution in [0.5, 0.6) is 0 Å². The zero-order valence-corrected chi connectivity index (χ0v) is 54.2. The van der Waals surface area contributed by atoms with Crippen LogP contribution in [0.2, 0.25) is 0 Å². The molecular formula is C77H128O6. The van der Waals surface area contributed by atoms with Crippen molar-refractivity contribution in [2.75, 3.05) is 13.2 Å². The summed E-state index contributed by atoms with van der Waals surface area (Å²) in [5, 5.41) is 0. The first kappa shape index (κ1) is 78.5. The molecule has 0 fully saturated rings. The Morgan fingerprint density at radius 1 is 0.253 bits per heavy atom. The third-order valence-corrected chi connectivity index (χ3v) is 14.6. The molecular weight excluding hydrogens is 1020 g/mol. The lowest BCUT2D eigenvalue weighted by atomic mass is 10.0. The minimum atomic E-state index is -0.802. The van der Waals surface area contributed by atoms with E-state index in [0.717, 1.165) is 141 Å². The minimum absolute atomic E-state index is 0.0946. The highest BCUT2D eigenvalue weighted by Gasteiger charge is 2.19. The topological polar surface area (TPSA) is 78.9 Å². The molecule has 0 saturated heterocycles. The van der Waals surface area contributed by atoms with E-state index in [2.05, 4.69) is 154 Å². The molecule has 83 heavy (non-hydrogen) atoms. The number of carbonyl (C=O) groups excluding carboxylic acids is 3. The Morgan fingerprint density at radius 3 is 0.747 bits per heavy atom. The van der Waals surface area contributed by atoms with Gasteiger partial charge in [0.15, 0.2) is 6.10 Å². The van der Waals surface area contributed by atoms with Crippen LogP contribution in [-0.2, 0) is 28.6 Å². The monoisotopic (exact) mass is 1150 g/mol. The molecule has 0 aromatic heterocycles. The lowest BCUT2D eigenvalue weighted by molar-refractivity contribution is -0.167. The van der Waals surface area contributed by atoms with Crippen molar-refractivity contribution < 1.29 is 28.6 Å². The van der Waals surface area contributed by atoms with Gasteiger partial charge in [0, 0.05) is 19.3 Å². The predicted octanol–water partition coefficient (Wildman–Crippen LogP) is 24.1. The van der Waals surface area contributed by atoms with E-state index in [1.807, 2.05) is 0 Å². The number of ether oxygens (including phenoxy) is 3. The molecule has 6 nitrogen and oxygen atoms in total. The predicted molar refractivity (Wildman–Crippen MR) is 362 cm³/mol. The van der Waals surface area contributed by atoms with Crippen molar-refractivity contribution in [3.8, 4) is 0 Å². The summed E-state index contributed by atoms with van der Waals surface area (Å²) in [6.07, 6.45) is 99.1. The van der Waals surface area contributed by atoms with Crippen LogP contribution in [0.4, 0.5) is 0 Å². The number of rotatable bonds is 62. The molecule has 0 aliphatic heterocycles. The van der Waals surface area contributed by atoms with E-state index in [1.54, 1.807) is 0 Å². The second-order valence-corrected chi connectivity index (χ2v) is 22.7. The molecule has 0 aliphatic rings. The molecule has 0 N–H and O–H groups in total. The maximum Gasteiger partial charge on any atom is 0.306 e. The van der Waals surface area contributed by atoms with Crippen LogP contribution in [0.3, 0.4) is 0 Å². The van der Waals surface area contributed by atoms with Crippen LogP contribution in [0.1, 0.15) is 316 Å². The molecule has 0 spiro atoms. The van der Waals surface area contributed by atoms with Gasteiger partial charge in [-0.15, -0.1) is 0 Å². The Bertz CT molecular complexity index is 1750. The lowest BCUT2D eigenvalue weighted by Gasteiger charge is -2.18. The number of unbranched alkanes of at least 4 members (excludes halogenated alkanes) is 29. The first-order chi connectivity index (χ1) is 41.0. The number of allylic oxidation sites excluding steroid dienone is 22. The largest absolute Gasteiger partial charge is 0.462 e. The molecule has 0 amide bonds. The van der Waals surface area contributed by atoms with Crippen molar-refractivity contribution in [1.29, 1.82) is 0 Å². The van der Waals surface area contributed by atoms with Crippen LogP contribution in [0.15, 0.2) is 134 Å². The summed E-state index contributed by atoms with van der Waals surface area (Å²) in [6.45, 7) is 6.38. The molecule has 472 valence electrons. The maximum absolute atomic E-state index is 12.9. The minimum Gasteiger partial charge on any atom is -0.462 e. The van der Waals surface area contributed by atoms with Crippen LogP contribution < -0.4 is 0 Å². The summed E-state index contributed by atoms with van der Waals surface area (Å²) >= 11 is 0. The van der Waals surface area contributed by atoms with Crippen LogP contribution in [-0.4, -0.2) is 37.2 Å². The summed E-state index contributed by atoms with van der Waals surface area (Å²) < 4.78 is 16.9. The van der Waals surface area contributed by atoms with Gasteiger partial charge in [0.25, 0.3) is 0 Å². The van der Waals surface area contributed by atoms with Gasteiger partial charge in [-0.1, -0.05) is 296 Å². The van der Waals surface area contributed by atoms with Crippen LogP contribution in [0.25, 0.3) is 0 Å². The fourth-order valence-corrected chi connectivity index (χ4v) is 9.49. The standard InChI is InChI=1S/C77H128O6/c1-4-7-10-13-16-19-22-25-27-29-31-33-34-35-36-37-38-39-40-41-42-44-45-47-49-52-55-58-61-64-67-70-76(79)82-73-74(72-81-75(78)69-66-63-60-57-54-51-24-21-18-15-12-9-6-3)83-77(80)71-68-65-62-59-56-53-50-48-46-43-32-30-28-26-23-20-17-14-11-8-5-2/h7,9-10,12,16,18-19,21,23,25-27,30-33,35-36,46,48,51,54,74H,4-6,8,11,13-15,17,20,22,24,28-29,34,37-45,47,49-50,52-53,55-73H2,1-3H3/b10-7-,12-9-,19-16-,21-18-,26-23-,27-25-,32-30-,33-31-,36-35-,48-46-,54-51-. The highest BCUT2D eigenvalue weighted by molar-refractivity contribution is 5.71. The normalized spacial score (nSPS) is 13.0. The average molecular weight is 1150 g/mol. The van der Waals surface area contributed by atoms with E-state index < -0.39 is 6.10 Å². The second-order valence-electron chi connectivity index (χ2n) is 22.7. The van der Waals surface area contributed by atoms with Gasteiger partial charge in [-0.05, 0) is 135 Å². The van der Waals surface area contributed by atoms with Gasteiger partial charge in [-0.25, -0.2) is 0 Å². The van der Waals surface area contributed by atoms with Crippen LogP contribution >= 0.6 is 0 Å². The van der Waals surface area contributed by atoms with Crippen molar-refractivity contribution >= 4 is 17.9 Å². The summed E-state index contributed by atoms with van der Waals surface area (Å²) in [4.78, 5) is 38.4. The molecule has 0 rings (SSSR count). The van der Waals surface area contributed by atoms with E-state index in [1.165, 1.54) is 135 Å². The van der Waals surface area contributed by atoms with Gasteiger partial charge < -0.3 is 14.2 Å². The third kappa shape index (κ3) is 68.2. The maximum atomic E-state index is 12.9. The van der Waals surface area contributed by atoms with Crippen molar-refractivity contribution in [1.82, 2.24) is 0 Å². The van der Waals surface area contributed by atoms with E-state index in [4.69, 9.17) is 14.2 Å². The molecule has 6 heteroatoms. The Kier molecular flexibility index (Phi) is 66.3. The van der Waals surface area contributed by atoms with Gasteiger partial charge in [-0.3, -0.25) is 14.4 Å². The van der Waals surface area contributed by atoms with Crippen LogP contribution in [0, 0.1) is 0 Å². The number of esters is 3. The van der Waals surface area contributed by atoms with Crippen molar-refractivity contribution in [3.63, 3.8) is 0 Å². The quantitative estimate of drug-likeness (QED) is 0.0261. The molecule has 0 aromatic rings. The van der Waals surface area contributed by atoms with E-state index in [-0.39, 0.29) is 31.1 Å². The molecule has 0 radical (unpaired) electrons. The number of hydrogen-bond acceptors (Lipinski definition) is 6. The van der Waals surface area contributed by atoms with Gasteiger partial charge >= 0.3 is 17.9 Å². The summed E-state index contributed by atoms with van der Waals surface area (Å²) in [7, 11) is 0. The summed E-state index contributed by atoms with van der Waals surface area (Å²) in [6, 6.07) is 0. The lowest BCUT2D eigenvalue weighted by Crippen LogP contribution is -2.30. The van der Waals surface area contributed by atoms with E-state index in [9.17, 15) is 14.4 Å². The van der Waals surface area contributed by atoms with Crippen molar-refractivity contribution in [2.45, 2.75) is 322 Å². The van der Waals surface area contributed by atoms with Gasteiger partial charge in [0.1, 0.15) is 13.2 Å². The Balaban J connectivity index is 4.29. The molecule has 0 bridgehead atoms. The van der Waals surface area contributed by atoms with Gasteiger partial charge in [0.2, 0.25) is 0 Å². The fourth-order valence-electron chi connectivity index (χ4n) is 9.49. The number of carbonyl (C=O) groups is 3. The first-order valence-electron chi connectivity index (χ1n) is 34.7. The van der Waals surface area contributed by atoms with E-state index >= 15 is 0 Å². The highest BCUT2D eigenvalue weighted by atomic mass is 16.6. The SMILES string of the molecule is CC/C=C\C/C=C\C/C=C\C/C=C\C/C=C\CCCCCCCCCCCCCCCCCC(=O)OCC(COC(=O)CCCCC/C=C\C/C=C\C/C=C\CC)OC(=O)CCCCCCCC/C=C\C/C=C\C/C=C\CCCCCCC. The van der Waals surface area contributed by atoms with Gasteiger partial charge in [-0.2, -0.15) is 0 Å². The van der Waals surface area contributed by atoms with Gasteiger partial charge in [0.05, 0.1) is 0 Å². The molecule has 0 aromatic carbocycles. The molecule has 0 heterocycles. The summed E-state index contributed by atoms with van der Waals surface area (Å²) in [5.74, 6) is -0.931. The Morgan fingerprint density at radius 2 is 0.470 bits per heavy atom. The molecule has 1 unspecified atom stereocenters. The number of hydrogen-bond donors (Lipinski definition) is 0.